The van der Waals surface area contributed by atoms with Crippen LogP contribution in [-0.2, 0) is 0 Å². The molecule has 2 heteroatoms. The van der Waals surface area contributed by atoms with Crippen molar-refractivity contribution in [2.75, 3.05) is 13.2 Å². The number of ether oxygens (including phenoxy) is 2. The zero-order valence-electron chi connectivity index (χ0n) is 7.46. The summed E-state index contributed by atoms with van der Waals surface area (Å²) in [6.07, 6.45) is 0. The molecular formula is C10H13O2. The fraction of sp³-hybridized carbons (Fsp3) is 0.400. The molecule has 0 aliphatic carbocycles. The predicted octanol–water partition coefficient (Wildman–Crippen LogP) is 2.28. The molecule has 1 aromatic carbocycles. The van der Waals surface area contributed by atoms with E-state index in [2.05, 4.69) is 6.07 Å². The molecule has 1 aromatic rings. The first kappa shape index (κ1) is 8.91. The highest BCUT2D eigenvalue weighted by Crippen LogP contribution is 2.17. The molecule has 0 saturated heterocycles. The Kier molecular flexibility index (Phi) is 3.45. The summed E-state index contributed by atoms with van der Waals surface area (Å²) >= 11 is 0. The zero-order chi connectivity index (χ0) is 8.81. The SMILES string of the molecule is CCOc1[c]c(OCC)ccc1. The molecule has 0 saturated carbocycles. The van der Waals surface area contributed by atoms with Gasteiger partial charge >= 0.3 is 0 Å². The van der Waals surface area contributed by atoms with Crippen molar-refractivity contribution in [3.63, 3.8) is 0 Å². The summed E-state index contributed by atoms with van der Waals surface area (Å²) in [6.45, 7) is 5.21. The van der Waals surface area contributed by atoms with Gasteiger partial charge in [0.2, 0.25) is 0 Å². The fourth-order valence-corrected chi connectivity index (χ4v) is 0.907. The van der Waals surface area contributed by atoms with Crippen LogP contribution in [0.4, 0.5) is 0 Å². The van der Waals surface area contributed by atoms with Crippen LogP contribution >= 0.6 is 0 Å². The lowest BCUT2D eigenvalue weighted by atomic mass is 10.3. The van der Waals surface area contributed by atoms with Gasteiger partial charge in [-0.05, 0) is 26.0 Å². The first-order chi connectivity index (χ1) is 5.86. The summed E-state index contributed by atoms with van der Waals surface area (Å²) in [7, 11) is 0. The van der Waals surface area contributed by atoms with Crippen LogP contribution in [0.2, 0.25) is 0 Å². The molecule has 0 amide bonds. The van der Waals surface area contributed by atoms with Crippen LogP contribution in [0.1, 0.15) is 13.8 Å². The smallest absolute Gasteiger partial charge is 0.131 e. The van der Waals surface area contributed by atoms with Gasteiger partial charge in [-0.25, -0.2) is 0 Å². The number of rotatable bonds is 4. The highest BCUT2D eigenvalue weighted by molar-refractivity contribution is 5.31. The minimum atomic E-state index is 0.659. The number of hydrogen-bond donors (Lipinski definition) is 0. The van der Waals surface area contributed by atoms with E-state index in [-0.39, 0.29) is 0 Å². The molecule has 12 heavy (non-hydrogen) atoms. The van der Waals surface area contributed by atoms with Crippen LogP contribution in [0.25, 0.3) is 0 Å². The Bertz CT molecular complexity index is 212. The maximum Gasteiger partial charge on any atom is 0.131 e. The maximum atomic E-state index is 5.26. The molecule has 1 radical (unpaired) electrons. The molecule has 1 rings (SSSR count). The third-order valence-corrected chi connectivity index (χ3v) is 1.34. The van der Waals surface area contributed by atoms with Crippen LogP contribution in [0, 0.1) is 6.07 Å². The van der Waals surface area contributed by atoms with Crippen molar-refractivity contribution in [3.8, 4) is 11.5 Å². The number of benzene rings is 1. The highest BCUT2D eigenvalue weighted by Gasteiger charge is 1.95. The quantitative estimate of drug-likeness (QED) is 0.681. The van der Waals surface area contributed by atoms with E-state index in [0.29, 0.717) is 13.2 Å². The van der Waals surface area contributed by atoms with Crippen LogP contribution in [0.15, 0.2) is 18.2 Å². The van der Waals surface area contributed by atoms with Crippen molar-refractivity contribution >= 4 is 0 Å². The van der Waals surface area contributed by atoms with Gasteiger partial charge in [0.1, 0.15) is 11.5 Å². The van der Waals surface area contributed by atoms with Gasteiger partial charge in [-0.1, -0.05) is 6.07 Å². The lowest BCUT2D eigenvalue weighted by molar-refractivity contribution is 0.322. The van der Waals surface area contributed by atoms with Crippen molar-refractivity contribution in [2.24, 2.45) is 0 Å². The lowest BCUT2D eigenvalue weighted by Crippen LogP contribution is -1.94. The van der Waals surface area contributed by atoms with Crippen LogP contribution in [-0.4, -0.2) is 13.2 Å². The average Bonchev–Trinajstić information content (AvgIpc) is 2.06. The van der Waals surface area contributed by atoms with E-state index in [1.807, 2.05) is 32.0 Å². The molecule has 0 heterocycles. The van der Waals surface area contributed by atoms with Crippen molar-refractivity contribution < 1.29 is 9.47 Å². The van der Waals surface area contributed by atoms with E-state index >= 15 is 0 Å². The summed E-state index contributed by atoms with van der Waals surface area (Å²) in [5.74, 6) is 1.48. The third-order valence-electron chi connectivity index (χ3n) is 1.34. The van der Waals surface area contributed by atoms with Crippen molar-refractivity contribution in [1.82, 2.24) is 0 Å². The van der Waals surface area contributed by atoms with E-state index < -0.39 is 0 Å². The van der Waals surface area contributed by atoms with Gasteiger partial charge in [-0.3, -0.25) is 0 Å². The number of hydrogen-bond acceptors (Lipinski definition) is 2. The molecule has 0 fully saturated rings. The minimum absolute atomic E-state index is 0.659. The molecule has 0 aromatic heterocycles. The predicted molar refractivity (Wildman–Crippen MR) is 47.6 cm³/mol. The average molecular weight is 165 g/mol. The molecule has 0 atom stereocenters. The Morgan fingerprint density at radius 2 is 1.58 bits per heavy atom. The summed E-state index contributed by atoms with van der Waals surface area (Å²) in [5.41, 5.74) is 0. The fourth-order valence-electron chi connectivity index (χ4n) is 0.907. The molecule has 0 spiro atoms. The Balaban J connectivity index is 2.67. The zero-order valence-corrected chi connectivity index (χ0v) is 7.46. The summed E-state index contributed by atoms with van der Waals surface area (Å²) in [5, 5.41) is 0. The Morgan fingerprint density at radius 1 is 1.08 bits per heavy atom. The molecule has 0 N–H and O–H groups in total. The summed E-state index contributed by atoms with van der Waals surface area (Å²) in [4.78, 5) is 0. The van der Waals surface area contributed by atoms with Crippen molar-refractivity contribution in [2.45, 2.75) is 13.8 Å². The molecule has 2 nitrogen and oxygen atoms in total. The van der Waals surface area contributed by atoms with Gasteiger partial charge in [0.15, 0.2) is 0 Å². The van der Waals surface area contributed by atoms with Crippen LogP contribution in [0.3, 0.4) is 0 Å². The third kappa shape index (κ3) is 2.46. The first-order valence-electron chi connectivity index (χ1n) is 4.14. The van der Waals surface area contributed by atoms with E-state index in [9.17, 15) is 0 Å². The largest absolute Gasteiger partial charge is 0.493 e. The lowest BCUT2D eigenvalue weighted by Gasteiger charge is -2.05. The Labute approximate surface area is 73.1 Å². The summed E-state index contributed by atoms with van der Waals surface area (Å²) in [6, 6.07) is 8.63. The topological polar surface area (TPSA) is 18.5 Å². The Morgan fingerprint density at radius 3 is 2.00 bits per heavy atom. The van der Waals surface area contributed by atoms with Gasteiger partial charge < -0.3 is 9.47 Å². The van der Waals surface area contributed by atoms with Gasteiger partial charge in [-0.15, -0.1) is 0 Å². The van der Waals surface area contributed by atoms with Gasteiger partial charge in [-0.2, -0.15) is 0 Å². The molecule has 65 valence electrons. The second kappa shape index (κ2) is 4.65. The molecule has 0 unspecified atom stereocenters. The molecule has 0 aliphatic rings. The standard InChI is InChI=1S/C10H13O2/c1-3-11-9-6-5-7-10(8-9)12-4-2/h5-7H,3-4H2,1-2H3. The van der Waals surface area contributed by atoms with E-state index in [1.165, 1.54) is 0 Å². The highest BCUT2D eigenvalue weighted by atomic mass is 16.5. The molecular weight excluding hydrogens is 152 g/mol. The molecule has 0 bridgehead atoms. The Hall–Kier alpha value is -1.18. The van der Waals surface area contributed by atoms with Crippen molar-refractivity contribution in [3.05, 3.63) is 24.3 Å². The van der Waals surface area contributed by atoms with E-state index in [1.54, 1.807) is 0 Å². The van der Waals surface area contributed by atoms with Gasteiger partial charge in [0.25, 0.3) is 0 Å². The van der Waals surface area contributed by atoms with Crippen LogP contribution in [0.5, 0.6) is 11.5 Å². The second-order valence-corrected chi connectivity index (χ2v) is 2.25. The van der Waals surface area contributed by atoms with Crippen LogP contribution < -0.4 is 9.47 Å². The van der Waals surface area contributed by atoms with E-state index in [4.69, 9.17) is 9.47 Å². The van der Waals surface area contributed by atoms with Gasteiger partial charge in [0.05, 0.1) is 19.3 Å². The van der Waals surface area contributed by atoms with Crippen molar-refractivity contribution in [1.29, 1.82) is 0 Å². The maximum absolute atomic E-state index is 5.26. The molecule has 0 aliphatic heterocycles. The minimum Gasteiger partial charge on any atom is -0.493 e. The summed E-state index contributed by atoms with van der Waals surface area (Å²) < 4.78 is 10.5. The first-order valence-corrected chi connectivity index (χ1v) is 4.14. The van der Waals surface area contributed by atoms with E-state index in [0.717, 1.165) is 11.5 Å². The van der Waals surface area contributed by atoms with Gasteiger partial charge in [0, 0.05) is 0 Å². The normalized spacial score (nSPS) is 9.50. The monoisotopic (exact) mass is 165 g/mol. The second-order valence-electron chi connectivity index (χ2n) is 2.25.